The van der Waals surface area contributed by atoms with Gasteiger partial charge in [-0.15, -0.1) is 11.8 Å². The summed E-state index contributed by atoms with van der Waals surface area (Å²) in [5.74, 6) is 0. The van der Waals surface area contributed by atoms with Gasteiger partial charge < -0.3 is 10.2 Å². The standard InChI is InChI=1S/C24H25N3O3S/c1-15(29)21(9-10-28)27-14-26-23-19-6-4-3-5-18(19)17(12-20(23)24(27)30)11-16-7-8-22(31-2)25-13-16/h3-8,12-15,21,28-29H,9-11H2,1-2H3. The molecule has 2 aromatic carbocycles. The van der Waals surface area contributed by atoms with E-state index >= 15 is 0 Å². The number of fused-ring (bicyclic) bond motifs is 3. The first-order chi connectivity index (χ1) is 15.0. The van der Waals surface area contributed by atoms with Crippen LogP contribution in [-0.4, -0.2) is 43.7 Å². The summed E-state index contributed by atoms with van der Waals surface area (Å²) in [5, 5.41) is 23.0. The molecule has 0 fully saturated rings. The van der Waals surface area contributed by atoms with Gasteiger partial charge in [0.1, 0.15) is 0 Å². The Morgan fingerprint density at radius 1 is 1.10 bits per heavy atom. The summed E-state index contributed by atoms with van der Waals surface area (Å²) in [4.78, 5) is 22.4. The van der Waals surface area contributed by atoms with Gasteiger partial charge in [0, 0.05) is 18.2 Å². The summed E-state index contributed by atoms with van der Waals surface area (Å²) in [6, 6.07) is 13.4. The van der Waals surface area contributed by atoms with Gasteiger partial charge in [0.05, 0.1) is 34.4 Å². The molecule has 2 unspecified atom stereocenters. The van der Waals surface area contributed by atoms with E-state index in [1.807, 2.05) is 48.9 Å². The highest BCUT2D eigenvalue weighted by atomic mass is 32.2. The van der Waals surface area contributed by atoms with Crippen LogP contribution in [-0.2, 0) is 6.42 Å². The van der Waals surface area contributed by atoms with Crippen LogP contribution in [0.4, 0.5) is 0 Å². The molecule has 0 aliphatic heterocycles. The minimum Gasteiger partial charge on any atom is -0.396 e. The Morgan fingerprint density at radius 2 is 1.87 bits per heavy atom. The van der Waals surface area contributed by atoms with Crippen LogP contribution in [0, 0.1) is 0 Å². The predicted molar refractivity (Wildman–Crippen MR) is 125 cm³/mol. The van der Waals surface area contributed by atoms with Crippen LogP contribution >= 0.6 is 11.8 Å². The zero-order chi connectivity index (χ0) is 22.0. The third-order valence-corrected chi connectivity index (χ3v) is 6.28. The van der Waals surface area contributed by atoms with Crippen LogP contribution in [0.5, 0.6) is 0 Å². The van der Waals surface area contributed by atoms with Gasteiger partial charge in [-0.05, 0) is 54.7 Å². The van der Waals surface area contributed by atoms with E-state index in [0.29, 0.717) is 17.3 Å². The maximum atomic E-state index is 13.4. The van der Waals surface area contributed by atoms with Crippen LogP contribution in [0.2, 0.25) is 0 Å². The topological polar surface area (TPSA) is 88.2 Å². The molecule has 0 aliphatic rings. The van der Waals surface area contributed by atoms with Crippen LogP contribution in [0.1, 0.15) is 30.5 Å². The fourth-order valence-electron chi connectivity index (χ4n) is 4.03. The highest BCUT2D eigenvalue weighted by Gasteiger charge is 2.20. The van der Waals surface area contributed by atoms with E-state index in [-0.39, 0.29) is 18.6 Å². The molecule has 0 saturated heterocycles. The van der Waals surface area contributed by atoms with E-state index in [0.717, 1.165) is 26.9 Å². The molecule has 0 radical (unpaired) electrons. The van der Waals surface area contributed by atoms with Crippen molar-refractivity contribution in [3.63, 3.8) is 0 Å². The lowest BCUT2D eigenvalue weighted by Gasteiger charge is -2.22. The second kappa shape index (κ2) is 9.18. The highest BCUT2D eigenvalue weighted by molar-refractivity contribution is 7.98. The molecule has 0 bridgehead atoms. The Bertz CT molecular complexity index is 1270. The first kappa shape index (κ1) is 21.5. The number of hydrogen-bond acceptors (Lipinski definition) is 6. The summed E-state index contributed by atoms with van der Waals surface area (Å²) < 4.78 is 1.44. The molecule has 4 aromatic rings. The predicted octanol–water partition coefficient (Wildman–Crippen LogP) is 3.56. The lowest BCUT2D eigenvalue weighted by atomic mass is 9.96. The first-order valence-electron chi connectivity index (χ1n) is 10.2. The Morgan fingerprint density at radius 3 is 2.52 bits per heavy atom. The molecule has 0 amide bonds. The number of benzene rings is 2. The monoisotopic (exact) mass is 435 g/mol. The molecule has 4 rings (SSSR count). The third-order valence-electron chi connectivity index (χ3n) is 5.62. The number of hydrogen-bond donors (Lipinski definition) is 2. The maximum Gasteiger partial charge on any atom is 0.261 e. The smallest absolute Gasteiger partial charge is 0.261 e. The van der Waals surface area contributed by atoms with Gasteiger partial charge in [0.15, 0.2) is 0 Å². The lowest BCUT2D eigenvalue weighted by Crippen LogP contribution is -2.32. The summed E-state index contributed by atoms with van der Waals surface area (Å²) in [6.07, 6.45) is 5.48. The van der Waals surface area contributed by atoms with Crippen molar-refractivity contribution in [1.29, 1.82) is 0 Å². The van der Waals surface area contributed by atoms with Crippen LogP contribution in [0.15, 0.2) is 64.8 Å². The molecular formula is C24H25N3O3S. The summed E-state index contributed by atoms with van der Waals surface area (Å²) in [5.41, 5.74) is 2.51. The van der Waals surface area contributed by atoms with Crippen molar-refractivity contribution in [2.75, 3.05) is 12.9 Å². The fraction of sp³-hybridized carbons (Fsp3) is 0.292. The molecule has 6 nitrogen and oxygen atoms in total. The molecular weight excluding hydrogens is 410 g/mol. The Balaban J connectivity index is 1.90. The van der Waals surface area contributed by atoms with E-state index < -0.39 is 12.1 Å². The molecule has 31 heavy (non-hydrogen) atoms. The highest BCUT2D eigenvalue weighted by Crippen LogP contribution is 2.28. The van der Waals surface area contributed by atoms with Gasteiger partial charge >= 0.3 is 0 Å². The molecule has 7 heteroatoms. The van der Waals surface area contributed by atoms with Gasteiger partial charge in [-0.3, -0.25) is 9.36 Å². The van der Waals surface area contributed by atoms with Crippen molar-refractivity contribution in [1.82, 2.24) is 14.5 Å². The molecule has 0 spiro atoms. The fourth-order valence-corrected chi connectivity index (χ4v) is 4.39. The van der Waals surface area contributed by atoms with Gasteiger partial charge in [-0.1, -0.05) is 30.3 Å². The van der Waals surface area contributed by atoms with Crippen LogP contribution in [0.25, 0.3) is 21.7 Å². The summed E-state index contributed by atoms with van der Waals surface area (Å²) >= 11 is 1.60. The second-order valence-corrected chi connectivity index (χ2v) is 8.47. The molecule has 0 saturated carbocycles. The van der Waals surface area contributed by atoms with Crippen LogP contribution in [0.3, 0.4) is 0 Å². The average molecular weight is 436 g/mol. The van der Waals surface area contributed by atoms with Gasteiger partial charge in [-0.2, -0.15) is 0 Å². The van der Waals surface area contributed by atoms with Crippen molar-refractivity contribution in [2.45, 2.75) is 36.9 Å². The van der Waals surface area contributed by atoms with E-state index in [9.17, 15) is 15.0 Å². The molecule has 0 aliphatic carbocycles. The molecule has 2 heterocycles. The molecule has 2 aromatic heterocycles. The van der Waals surface area contributed by atoms with E-state index in [1.54, 1.807) is 18.7 Å². The zero-order valence-corrected chi connectivity index (χ0v) is 18.3. The molecule has 2 N–H and O–H groups in total. The normalized spacial score (nSPS) is 13.5. The maximum absolute atomic E-state index is 13.4. The van der Waals surface area contributed by atoms with Crippen molar-refractivity contribution in [3.8, 4) is 0 Å². The van der Waals surface area contributed by atoms with E-state index in [1.165, 1.54) is 10.9 Å². The van der Waals surface area contributed by atoms with Crippen molar-refractivity contribution in [3.05, 3.63) is 76.5 Å². The number of thioether (sulfide) groups is 1. The molecule has 160 valence electrons. The third kappa shape index (κ3) is 4.21. The quantitative estimate of drug-likeness (QED) is 0.341. The molecule has 2 atom stereocenters. The largest absolute Gasteiger partial charge is 0.396 e. The SMILES string of the molecule is CSc1ccc(Cc2cc3c(=O)n(C(CCO)C(C)O)cnc3c3ccccc23)cn1. The second-order valence-electron chi connectivity index (χ2n) is 7.64. The number of aliphatic hydroxyl groups is 2. The van der Waals surface area contributed by atoms with Gasteiger partial charge in [-0.25, -0.2) is 9.97 Å². The van der Waals surface area contributed by atoms with Crippen LogP contribution < -0.4 is 5.56 Å². The Hall–Kier alpha value is -2.74. The zero-order valence-electron chi connectivity index (χ0n) is 17.5. The van der Waals surface area contributed by atoms with Gasteiger partial charge in [0.25, 0.3) is 5.56 Å². The number of aromatic nitrogens is 3. The van der Waals surface area contributed by atoms with Crippen molar-refractivity contribution < 1.29 is 10.2 Å². The van der Waals surface area contributed by atoms with E-state index in [2.05, 4.69) is 16.0 Å². The summed E-state index contributed by atoms with van der Waals surface area (Å²) in [7, 11) is 0. The average Bonchev–Trinajstić information content (AvgIpc) is 2.79. The lowest BCUT2D eigenvalue weighted by molar-refractivity contribution is 0.107. The van der Waals surface area contributed by atoms with E-state index in [4.69, 9.17) is 0 Å². The number of pyridine rings is 1. The Labute approximate surface area is 184 Å². The minimum atomic E-state index is -0.787. The summed E-state index contributed by atoms with van der Waals surface area (Å²) in [6.45, 7) is 1.50. The first-order valence-corrected chi connectivity index (χ1v) is 11.4. The number of nitrogens with zero attached hydrogens (tertiary/aromatic N) is 3. The minimum absolute atomic E-state index is 0.123. The number of aliphatic hydroxyl groups excluding tert-OH is 2. The van der Waals surface area contributed by atoms with Crippen molar-refractivity contribution in [2.24, 2.45) is 0 Å². The number of rotatable bonds is 7. The van der Waals surface area contributed by atoms with Crippen molar-refractivity contribution >= 4 is 33.4 Å². The Kier molecular flexibility index (Phi) is 6.36. The van der Waals surface area contributed by atoms with Gasteiger partial charge in [0.2, 0.25) is 0 Å².